The molecule has 1 unspecified atom stereocenters. The Balaban J connectivity index is 1.89. The van der Waals surface area contributed by atoms with Crippen molar-refractivity contribution in [3.05, 3.63) is 59.2 Å². The van der Waals surface area contributed by atoms with E-state index in [0.717, 1.165) is 18.2 Å². The quantitative estimate of drug-likeness (QED) is 0.720. The summed E-state index contributed by atoms with van der Waals surface area (Å²) in [7, 11) is 1.46. The number of aromatic nitrogens is 1. The maximum absolute atomic E-state index is 14.6. The number of benzene rings is 1. The van der Waals surface area contributed by atoms with Crippen LogP contribution in [0.2, 0.25) is 0 Å². The van der Waals surface area contributed by atoms with E-state index in [1.165, 1.54) is 24.1 Å². The van der Waals surface area contributed by atoms with Gasteiger partial charge in [0.2, 0.25) is 5.91 Å². The van der Waals surface area contributed by atoms with E-state index in [2.05, 4.69) is 15.3 Å². The van der Waals surface area contributed by atoms with Gasteiger partial charge in [-0.1, -0.05) is 0 Å². The Morgan fingerprint density at radius 3 is 2.48 bits per heavy atom. The number of amides is 2. The normalized spacial score (nSPS) is 18.5. The third-order valence-electron chi connectivity index (χ3n) is 5.02. The number of hydrogen-bond donors (Lipinski definition) is 2. The number of alkyl halides is 3. The fourth-order valence-corrected chi connectivity index (χ4v) is 3.21. The van der Waals surface area contributed by atoms with Crippen molar-refractivity contribution in [1.82, 2.24) is 9.88 Å². The Morgan fingerprint density at radius 1 is 1.23 bits per heavy atom. The van der Waals surface area contributed by atoms with Gasteiger partial charge in [-0.3, -0.25) is 19.5 Å². The van der Waals surface area contributed by atoms with Crippen LogP contribution in [-0.2, 0) is 11.0 Å². The molecule has 1 aliphatic heterocycles. The van der Waals surface area contributed by atoms with Crippen molar-refractivity contribution < 1.29 is 27.2 Å². The van der Waals surface area contributed by atoms with Crippen molar-refractivity contribution in [1.29, 1.82) is 0 Å². The van der Waals surface area contributed by atoms with Gasteiger partial charge in [0.25, 0.3) is 5.91 Å². The number of nitrogens with two attached hydrogens (primary N) is 1. The van der Waals surface area contributed by atoms with Gasteiger partial charge in [0, 0.05) is 24.5 Å². The second-order valence-electron chi connectivity index (χ2n) is 7.60. The molecule has 1 aliphatic rings. The average molecular weight is 437 g/mol. The summed E-state index contributed by atoms with van der Waals surface area (Å²) in [4.78, 5) is 33.9. The maximum atomic E-state index is 14.6. The topological polar surface area (TPSA) is 101 Å². The predicted molar refractivity (Wildman–Crippen MR) is 105 cm³/mol. The Labute approximate surface area is 175 Å². The van der Waals surface area contributed by atoms with E-state index in [4.69, 9.17) is 5.73 Å². The molecular weight excluding hydrogens is 418 g/mol. The van der Waals surface area contributed by atoms with Crippen LogP contribution in [0.1, 0.15) is 41.5 Å². The highest BCUT2D eigenvalue weighted by Crippen LogP contribution is 2.42. The molecule has 0 bridgehead atoms. The van der Waals surface area contributed by atoms with Gasteiger partial charge in [0.15, 0.2) is 5.96 Å². The second kappa shape index (κ2) is 7.64. The minimum atomic E-state index is -4.57. The number of aliphatic imine (C=N–C) groups is 1. The van der Waals surface area contributed by atoms with Crippen LogP contribution in [-0.4, -0.2) is 34.7 Å². The minimum Gasteiger partial charge on any atom is -0.369 e. The van der Waals surface area contributed by atoms with E-state index in [0.29, 0.717) is 6.20 Å². The molecule has 1 aromatic heterocycles. The summed E-state index contributed by atoms with van der Waals surface area (Å²) >= 11 is 0. The molecule has 31 heavy (non-hydrogen) atoms. The lowest BCUT2D eigenvalue weighted by atomic mass is 9.78. The first-order valence-electron chi connectivity index (χ1n) is 9.08. The van der Waals surface area contributed by atoms with E-state index in [9.17, 15) is 27.2 Å². The minimum absolute atomic E-state index is 0.0348. The average Bonchev–Trinajstić information content (AvgIpc) is 2.70. The van der Waals surface area contributed by atoms with Crippen LogP contribution >= 0.6 is 0 Å². The molecule has 11 heteroatoms. The lowest BCUT2D eigenvalue weighted by Crippen LogP contribution is -2.51. The number of pyridine rings is 1. The van der Waals surface area contributed by atoms with Gasteiger partial charge in [-0.15, -0.1) is 0 Å². The molecule has 0 spiro atoms. The monoisotopic (exact) mass is 437 g/mol. The molecule has 164 valence electrons. The Hall–Kier alpha value is -3.50. The van der Waals surface area contributed by atoms with Crippen LogP contribution in [0.4, 0.5) is 23.2 Å². The third kappa shape index (κ3) is 4.21. The molecule has 3 N–H and O–H groups in total. The Kier molecular flexibility index (Phi) is 5.47. The van der Waals surface area contributed by atoms with E-state index >= 15 is 0 Å². The number of carbonyl (C=O) groups excluding carboxylic acids is 2. The maximum Gasteiger partial charge on any atom is 0.417 e. The highest BCUT2D eigenvalue weighted by atomic mass is 19.4. The number of guanidine groups is 1. The van der Waals surface area contributed by atoms with Gasteiger partial charge in [-0.05, 0) is 44.2 Å². The lowest BCUT2D eigenvalue weighted by Gasteiger charge is -2.38. The SMILES string of the molecule is CN1C(=O)C(C)(C)C(c2cc(NC(=O)c3ccc(C(F)(F)F)cn3)ccc2F)N=C1N. The number of rotatable bonds is 3. The fourth-order valence-electron chi connectivity index (χ4n) is 3.21. The smallest absolute Gasteiger partial charge is 0.369 e. The summed E-state index contributed by atoms with van der Waals surface area (Å²) in [5, 5.41) is 2.46. The molecular formula is C20H19F4N5O2. The van der Waals surface area contributed by atoms with Gasteiger partial charge < -0.3 is 11.1 Å². The van der Waals surface area contributed by atoms with E-state index < -0.39 is 34.9 Å². The van der Waals surface area contributed by atoms with E-state index in [1.807, 2.05) is 0 Å². The molecule has 0 radical (unpaired) electrons. The lowest BCUT2D eigenvalue weighted by molar-refractivity contribution is -0.138. The van der Waals surface area contributed by atoms with Crippen molar-refractivity contribution in [2.24, 2.45) is 16.1 Å². The molecule has 1 aromatic carbocycles. The molecule has 3 rings (SSSR count). The van der Waals surface area contributed by atoms with Crippen LogP contribution < -0.4 is 11.1 Å². The number of carbonyl (C=O) groups is 2. The van der Waals surface area contributed by atoms with Crippen molar-refractivity contribution in [3.63, 3.8) is 0 Å². The largest absolute Gasteiger partial charge is 0.417 e. The van der Waals surface area contributed by atoms with Crippen LogP contribution in [0.3, 0.4) is 0 Å². The summed E-state index contributed by atoms with van der Waals surface area (Å²) in [5.74, 6) is -1.87. The van der Waals surface area contributed by atoms with E-state index in [-0.39, 0.29) is 28.8 Å². The van der Waals surface area contributed by atoms with Gasteiger partial charge in [-0.2, -0.15) is 13.2 Å². The Morgan fingerprint density at radius 2 is 1.90 bits per heavy atom. The van der Waals surface area contributed by atoms with Crippen LogP contribution in [0.15, 0.2) is 41.5 Å². The zero-order valence-corrected chi connectivity index (χ0v) is 16.8. The fraction of sp³-hybridized carbons (Fsp3) is 0.300. The number of halogens is 4. The molecule has 2 heterocycles. The summed E-state index contributed by atoms with van der Waals surface area (Å²) in [6.07, 6.45) is -4.02. The van der Waals surface area contributed by atoms with Crippen LogP contribution in [0, 0.1) is 11.2 Å². The first kappa shape index (κ1) is 22.2. The third-order valence-corrected chi connectivity index (χ3v) is 5.02. The van der Waals surface area contributed by atoms with Gasteiger partial charge in [0.05, 0.1) is 17.0 Å². The molecule has 0 saturated carbocycles. The molecule has 0 fully saturated rings. The summed E-state index contributed by atoms with van der Waals surface area (Å²) in [6, 6.07) is 4.40. The van der Waals surface area contributed by atoms with Crippen molar-refractivity contribution >= 4 is 23.5 Å². The summed E-state index contributed by atoms with van der Waals surface area (Å²) in [5.41, 5.74) is 3.61. The number of hydrogen-bond acceptors (Lipinski definition) is 5. The van der Waals surface area contributed by atoms with Crippen LogP contribution in [0.25, 0.3) is 0 Å². The van der Waals surface area contributed by atoms with Crippen LogP contribution in [0.5, 0.6) is 0 Å². The van der Waals surface area contributed by atoms with Crippen molar-refractivity contribution in [2.45, 2.75) is 26.1 Å². The molecule has 7 nitrogen and oxygen atoms in total. The number of nitrogens with zero attached hydrogens (tertiary/aromatic N) is 3. The summed E-state index contributed by atoms with van der Waals surface area (Å²) in [6.45, 7) is 3.20. The van der Waals surface area contributed by atoms with Gasteiger partial charge in [-0.25, -0.2) is 9.38 Å². The highest BCUT2D eigenvalue weighted by Gasteiger charge is 2.45. The Bertz CT molecular complexity index is 1060. The standard InChI is InChI=1S/C20H19F4N5O2/c1-19(2)15(28-18(25)29(3)17(19)31)12-8-11(5-6-13(12)21)27-16(30)14-7-4-10(9-26-14)20(22,23)24/h4-9,15H,1-3H3,(H2,25,28)(H,27,30). The second-order valence-corrected chi connectivity index (χ2v) is 7.60. The first-order chi connectivity index (χ1) is 14.3. The molecule has 0 aliphatic carbocycles. The predicted octanol–water partition coefficient (Wildman–Crippen LogP) is 3.35. The van der Waals surface area contributed by atoms with Crippen molar-refractivity contribution in [2.75, 3.05) is 12.4 Å². The zero-order chi connectivity index (χ0) is 23.1. The first-order valence-corrected chi connectivity index (χ1v) is 9.08. The molecule has 2 aromatic rings. The van der Waals surface area contributed by atoms with Gasteiger partial charge in [0.1, 0.15) is 11.5 Å². The highest BCUT2D eigenvalue weighted by molar-refractivity contribution is 6.03. The van der Waals surface area contributed by atoms with E-state index in [1.54, 1.807) is 13.8 Å². The molecule has 0 saturated heterocycles. The molecule has 1 atom stereocenters. The van der Waals surface area contributed by atoms with Crippen molar-refractivity contribution in [3.8, 4) is 0 Å². The number of anilines is 1. The zero-order valence-electron chi connectivity index (χ0n) is 16.8. The summed E-state index contributed by atoms with van der Waals surface area (Å²) < 4.78 is 52.5. The molecule has 2 amide bonds. The van der Waals surface area contributed by atoms with Gasteiger partial charge >= 0.3 is 6.18 Å². The number of nitrogens with one attached hydrogen (secondary N) is 1.